The number of nitrogens with zero attached hydrogens (tertiary/aromatic N) is 1. The van der Waals surface area contributed by atoms with Gasteiger partial charge >= 0.3 is 6.09 Å². The van der Waals surface area contributed by atoms with Crippen LogP contribution in [0.3, 0.4) is 0 Å². The minimum atomic E-state index is -0.488. The summed E-state index contributed by atoms with van der Waals surface area (Å²) in [5.41, 5.74) is 2.74. The molecule has 5 heteroatoms. The number of carbonyl (C=O) groups excluding carboxylic acids is 2. The van der Waals surface area contributed by atoms with Crippen LogP contribution in [0.15, 0.2) is 18.2 Å². The summed E-state index contributed by atoms with van der Waals surface area (Å²) in [6.45, 7) is 5.05. The van der Waals surface area contributed by atoms with E-state index in [4.69, 9.17) is 0 Å². The topological polar surface area (TPSA) is 58.6 Å². The number of amides is 2. The Morgan fingerprint density at radius 1 is 1.38 bits per heavy atom. The van der Waals surface area contributed by atoms with Gasteiger partial charge in [0.25, 0.3) is 0 Å². The van der Waals surface area contributed by atoms with Gasteiger partial charge in [-0.3, -0.25) is 10.1 Å². The Labute approximate surface area is 125 Å². The lowest BCUT2D eigenvalue weighted by atomic mass is 9.99. The maximum Gasteiger partial charge on any atom is 0.411 e. The van der Waals surface area contributed by atoms with E-state index < -0.39 is 6.09 Å². The first-order valence-electron chi connectivity index (χ1n) is 7.29. The van der Waals surface area contributed by atoms with Crippen LogP contribution in [0.1, 0.15) is 32.3 Å². The Kier molecular flexibility index (Phi) is 4.83. The Balaban J connectivity index is 2.19. The summed E-state index contributed by atoms with van der Waals surface area (Å²) in [6.07, 6.45) is 1.72. The largest absolute Gasteiger partial charge is 0.453 e. The molecule has 1 aliphatic heterocycles. The number of fused-ring (bicyclic) bond motifs is 1. The highest BCUT2D eigenvalue weighted by molar-refractivity contribution is 5.97. The molecule has 0 fully saturated rings. The van der Waals surface area contributed by atoms with Crippen molar-refractivity contribution in [2.75, 3.05) is 23.9 Å². The summed E-state index contributed by atoms with van der Waals surface area (Å²) in [6, 6.07) is 5.62. The van der Waals surface area contributed by atoms with Crippen LogP contribution in [0.5, 0.6) is 0 Å². The van der Waals surface area contributed by atoms with Crippen LogP contribution < -0.4 is 10.2 Å². The Bertz CT molecular complexity index is 540. The fraction of sp³-hybridized carbons (Fsp3) is 0.500. The van der Waals surface area contributed by atoms with Gasteiger partial charge in [-0.1, -0.05) is 13.8 Å². The first kappa shape index (κ1) is 15.4. The molecule has 1 aromatic carbocycles. The molecule has 2 amide bonds. The zero-order chi connectivity index (χ0) is 15.4. The standard InChI is InChI=1S/C16H22N2O3/c1-11(2)8-9-18-14-6-5-13(17-16(20)21-3)10-12(14)4-7-15(18)19/h5-6,10-11H,4,7-9H2,1-3H3,(H,17,20). The SMILES string of the molecule is COC(=O)Nc1ccc2c(c1)CCC(=O)N2CCC(C)C. The van der Waals surface area contributed by atoms with Crippen molar-refractivity contribution in [1.82, 2.24) is 0 Å². The van der Waals surface area contributed by atoms with Gasteiger partial charge in [0, 0.05) is 24.3 Å². The second-order valence-corrected chi connectivity index (χ2v) is 5.69. The highest BCUT2D eigenvalue weighted by atomic mass is 16.5. The van der Waals surface area contributed by atoms with Crippen LogP contribution in [0.4, 0.5) is 16.2 Å². The van der Waals surface area contributed by atoms with E-state index in [1.165, 1.54) is 7.11 Å². The molecule has 0 bridgehead atoms. The smallest absolute Gasteiger partial charge is 0.411 e. The van der Waals surface area contributed by atoms with Gasteiger partial charge in [-0.05, 0) is 42.5 Å². The average molecular weight is 290 g/mol. The third-order valence-electron chi connectivity index (χ3n) is 3.64. The van der Waals surface area contributed by atoms with E-state index in [-0.39, 0.29) is 5.91 Å². The van der Waals surface area contributed by atoms with Crippen LogP contribution >= 0.6 is 0 Å². The number of ether oxygens (including phenoxy) is 1. The third-order valence-corrected chi connectivity index (χ3v) is 3.64. The molecule has 1 heterocycles. The van der Waals surface area contributed by atoms with Crippen molar-refractivity contribution in [2.24, 2.45) is 5.92 Å². The molecular weight excluding hydrogens is 268 g/mol. The van der Waals surface area contributed by atoms with Crippen molar-refractivity contribution >= 4 is 23.4 Å². The molecule has 0 radical (unpaired) electrons. The normalized spacial score (nSPS) is 14.1. The minimum Gasteiger partial charge on any atom is -0.453 e. The van der Waals surface area contributed by atoms with Gasteiger partial charge in [0.1, 0.15) is 0 Å². The maximum atomic E-state index is 12.1. The first-order valence-corrected chi connectivity index (χ1v) is 7.29. The molecule has 0 aliphatic carbocycles. The summed E-state index contributed by atoms with van der Waals surface area (Å²) in [5, 5.41) is 2.65. The summed E-state index contributed by atoms with van der Waals surface area (Å²) in [7, 11) is 1.33. The highest BCUT2D eigenvalue weighted by Crippen LogP contribution is 2.30. The van der Waals surface area contributed by atoms with Crippen LogP contribution in [-0.2, 0) is 16.0 Å². The molecule has 21 heavy (non-hydrogen) atoms. The number of hydrogen-bond acceptors (Lipinski definition) is 3. The van der Waals surface area contributed by atoms with Gasteiger partial charge in [-0.15, -0.1) is 0 Å². The van der Waals surface area contributed by atoms with Gasteiger partial charge in [0.2, 0.25) is 5.91 Å². The maximum absolute atomic E-state index is 12.1. The molecule has 0 atom stereocenters. The monoisotopic (exact) mass is 290 g/mol. The molecule has 0 saturated carbocycles. The van der Waals surface area contributed by atoms with Crippen molar-refractivity contribution in [3.8, 4) is 0 Å². The van der Waals surface area contributed by atoms with Crippen molar-refractivity contribution in [1.29, 1.82) is 0 Å². The molecule has 114 valence electrons. The molecular formula is C16H22N2O3. The van der Waals surface area contributed by atoms with Gasteiger partial charge in [0.15, 0.2) is 0 Å². The summed E-state index contributed by atoms with van der Waals surface area (Å²) in [4.78, 5) is 25.2. The van der Waals surface area contributed by atoms with Crippen LogP contribution in [0.2, 0.25) is 0 Å². The fourth-order valence-corrected chi connectivity index (χ4v) is 2.44. The molecule has 0 unspecified atom stereocenters. The van der Waals surface area contributed by atoms with Gasteiger partial charge in [-0.2, -0.15) is 0 Å². The highest BCUT2D eigenvalue weighted by Gasteiger charge is 2.24. The van der Waals surface area contributed by atoms with E-state index in [9.17, 15) is 9.59 Å². The predicted molar refractivity (Wildman–Crippen MR) is 82.6 cm³/mol. The number of methoxy groups -OCH3 is 1. The second-order valence-electron chi connectivity index (χ2n) is 5.69. The van der Waals surface area contributed by atoms with Gasteiger partial charge < -0.3 is 9.64 Å². The lowest BCUT2D eigenvalue weighted by Crippen LogP contribution is -2.36. The molecule has 0 aromatic heterocycles. The van der Waals surface area contributed by atoms with E-state index in [1.54, 1.807) is 6.07 Å². The Morgan fingerprint density at radius 3 is 2.81 bits per heavy atom. The summed E-state index contributed by atoms with van der Waals surface area (Å²) >= 11 is 0. The number of hydrogen-bond donors (Lipinski definition) is 1. The number of anilines is 2. The molecule has 1 aliphatic rings. The summed E-state index contributed by atoms with van der Waals surface area (Å²) in [5.74, 6) is 0.736. The lowest BCUT2D eigenvalue weighted by molar-refractivity contribution is -0.118. The number of benzene rings is 1. The molecule has 1 N–H and O–H groups in total. The quantitative estimate of drug-likeness (QED) is 0.926. The predicted octanol–water partition coefficient (Wildman–Crippen LogP) is 3.19. The first-order chi connectivity index (χ1) is 10.0. The van der Waals surface area contributed by atoms with Crippen LogP contribution in [0, 0.1) is 5.92 Å². The number of nitrogens with one attached hydrogen (secondary N) is 1. The van der Waals surface area contributed by atoms with Crippen molar-refractivity contribution < 1.29 is 14.3 Å². The van der Waals surface area contributed by atoms with Crippen LogP contribution in [-0.4, -0.2) is 25.7 Å². The van der Waals surface area contributed by atoms with Crippen molar-refractivity contribution in [3.05, 3.63) is 23.8 Å². The molecule has 2 rings (SSSR count). The Hall–Kier alpha value is -2.04. The van der Waals surface area contributed by atoms with E-state index in [2.05, 4.69) is 23.9 Å². The van der Waals surface area contributed by atoms with E-state index in [0.29, 0.717) is 24.4 Å². The zero-order valence-electron chi connectivity index (χ0n) is 12.8. The molecule has 1 aromatic rings. The second kappa shape index (κ2) is 6.61. The minimum absolute atomic E-state index is 0.178. The van der Waals surface area contributed by atoms with E-state index in [0.717, 1.165) is 24.2 Å². The third kappa shape index (κ3) is 3.74. The van der Waals surface area contributed by atoms with Gasteiger partial charge in [0.05, 0.1) is 7.11 Å². The summed E-state index contributed by atoms with van der Waals surface area (Å²) < 4.78 is 4.59. The lowest BCUT2D eigenvalue weighted by Gasteiger charge is -2.30. The number of aryl methyl sites for hydroxylation is 1. The Morgan fingerprint density at radius 2 is 2.14 bits per heavy atom. The molecule has 0 saturated heterocycles. The zero-order valence-corrected chi connectivity index (χ0v) is 12.8. The number of carbonyl (C=O) groups is 2. The van der Waals surface area contributed by atoms with E-state index in [1.807, 2.05) is 17.0 Å². The molecule has 5 nitrogen and oxygen atoms in total. The average Bonchev–Trinajstić information content (AvgIpc) is 2.46. The van der Waals surface area contributed by atoms with E-state index >= 15 is 0 Å². The fourth-order valence-electron chi connectivity index (χ4n) is 2.44. The van der Waals surface area contributed by atoms with Gasteiger partial charge in [-0.25, -0.2) is 4.79 Å². The van der Waals surface area contributed by atoms with Crippen LogP contribution in [0.25, 0.3) is 0 Å². The van der Waals surface area contributed by atoms with Crippen molar-refractivity contribution in [2.45, 2.75) is 33.1 Å². The number of rotatable bonds is 4. The van der Waals surface area contributed by atoms with Crippen molar-refractivity contribution in [3.63, 3.8) is 0 Å². The molecule has 0 spiro atoms.